The summed E-state index contributed by atoms with van der Waals surface area (Å²) in [5, 5.41) is 7.30. The first kappa shape index (κ1) is 15.0. The highest BCUT2D eigenvalue weighted by atomic mass is 79.9. The minimum absolute atomic E-state index is 0.188. The lowest BCUT2D eigenvalue weighted by atomic mass is 9.80. The molecule has 110 valence electrons. The molecule has 1 unspecified atom stereocenters. The van der Waals surface area contributed by atoms with E-state index in [1.807, 2.05) is 0 Å². The van der Waals surface area contributed by atoms with Gasteiger partial charge in [-0.2, -0.15) is 5.10 Å². The van der Waals surface area contributed by atoms with Crippen molar-refractivity contribution in [3.63, 3.8) is 0 Å². The van der Waals surface area contributed by atoms with Gasteiger partial charge in [0.05, 0.1) is 19.0 Å². The highest BCUT2D eigenvalue weighted by molar-refractivity contribution is 9.10. The van der Waals surface area contributed by atoms with Gasteiger partial charge in [0.15, 0.2) is 0 Å². The van der Waals surface area contributed by atoms with Crippen molar-refractivity contribution in [3.8, 4) is 0 Å². The van der Waals surface area contributed by atoms with Crippen LogP contribution in [0.25, 0.3) is 0 Å². The molecule has 0 bridgehead atoms. The van der Waals surface area contributed by atoms with Crippen LogP contribution in [-0.4, -0.2) is 28.9 Å². The summed E-state index contributed by atoms with van der Waals surface area (Å²) >= 11 is 3.27. The van der Waals surface area contributed by atoms with Crippen molar-refractivity contribution in [1.29, 1.82) is 0 Å². The normalized spacial score (nSPS) is 16.4. The largest absolute Gasteiger partial charge is 0.468 e. The number of halogens is 1. The Morgan fingerprint density at radius 3 is 2.90 bits per heavy atom. The van der Waals surface area contributed by atoms with Crippen molar-refractivity contribution < 1.29 is 9.53 Å². The fraction of sp³-hybridized carbons (Fsp3) is 0.615. The summed E-state index contributed by atoms with van der Waals surface area (Å²) < 4.78 is 6.00. The topological polar surface area (TPSA) is 73.2 Å². The van der Waals surface area contributed by atoms with Crippen molar-refractivity contribution in [3.05, 3.63) is 21.0 Å². The predicted molar refractivity (Wildman–Crippen MR) is 78.6 cm³/mol. The van der Waals surface area contributed by atoms with E-state index in [1.54, 1.807) is 6.20 Å². The molecule has 1 aromatic heterocycles. The van der Waals surface area contributed by atoms with Crippen LogP contribution in [0.1, 0.15) is 26.2 Å². The molecule has 1 aliphatic carbocycles. The Balaban J connectivity index is 2.13. The van der Waals surface area contributed by atoms with E-state index < -0.39 is 5.97 Å². The quantitative estimate of drug-likeness (QED) is 0.825. The molecule has 1 fully saturated rings. The van der Waals surface area contributed by atoms with Crippen molar-refractivity contribution in [2.24, 2.45) is 5.92 Å². The molecule has 0 radical (unpaired) electrons. The first-order valence-corrected chi connectivity index (χ1v) is 7.41. The Labute approximate surface area is 125 Å². The molecule has 2 rings (SSSR count). The fourth-order valence-electron chi connectivity index (χ4n) is 2.17. The van der Waals surface area contributed by atoms with Crippen LogP contribution in [0.4, 0.5) is 5.69 Å². The number of methoxy groups -OCH3 is 1. The van der Waals surface area contributed by atoms with Gasteiger partial charge >= 0.3 is 5.97 Å². The summed E-state index contributed by atoms with van der Waals surface area (Å²) in [6, 6.07) is 0.303. The average Bonchev–Trinajstić information content (AvgIpc) is 2.36. The van der Waals surface area contributed by atoms with E-state index >= 15 is 0 Å². The zero-order valence-electron chi connectivity index (χ0n) is 11.6. The van der Waals surface area contributed by atoms with Gasteiger partial charge < -0.3 is 10.1 Å². The first-order chi connectivity index (χ1) is 9.52. The molecule has 1 saturated carbocycles. The molecular formula is C13H18BrN3O3. The number of aromatic nitrogens is 2. The summed E-state index contributed by atoms with van der Waals surface area (Å²) in [4.78, 5) is 23.3. The van der Waals surface area contributed by atoms with Crippen LogP contribution in [0.3, 0.4) is 0 Å². The minimum Gasteiger partial charge on any atom is -0.468 e. The van der Waals surface area contributed by atoms with Crippen LogP contribution >= 0.6 is 15.9 Å². The highest BCUT2D eigenvalue weighted by Gasteiger charge is 2.24. The number of nitrogens with zero attached hydrogens (tertiary/aromatic N) is 2. The van der Waals surface area contributed by atoms with Gasteiger partial charge in [0, 0.05) is 6.04 Å². The maximum Gasteiger partial charge on any atom is 0.327 e. The molecule has 1 atom stereocenters. The van der Waals surface area contributed by atoms with Gasteiger partial charge in [-0.3, -0.25) is 9.59 Å². The molecule has 0 saturated heterocycles. The third kappa shape index (κ3) is 3.20. The number of esters is 1. The van der Waals surface area contributed by atoms with E-state index in [2.05, 4.69) is 38.0 Å². The molecule has 1 N–H and O–H groups in total. The third-order valence-electron chi connectivity index (χ3n) is 3.73. The summed E-state index contributed by atoms with van der Waals surface area (Å²) in [5.41, 5.74) is 0.316. The lowest BCUT2D eigenvalue weighted by Crippen LogP contribution is -2.33. The van der Waals surface area contributed by atoms with Crippen LogP contribution in [0, 0.1) is 5.92 Å². The number of hydrogen-bond donors (Lipinski definition) is 1. The van der Waals surface area contributed by atoms with Gasteiger partial charge in [0.2, 0.25) is 0 Å². The average molecular weight is 344 g/mol. The molecule has 6 nitrogen and oxygen atoms in total. The van der Waals surface area contributed by atoms with Crippen molar-refractivity contribution in [2.75, 3.05) is 12.4 Å². The zero-order chi connectivity index (χ0) is 14.7. The Morgan fingerprint density at radius 2 is 2.35 bits per heavy atom. The lowest BCUT2D eigenvalue weighted by Gasteiger charge is -2.32. The predicted octanol–water partition coefficient (Wildman–Crippen LogP) is 1.78. The van der Waals surface area contributed by atoms with Crippen molar-refractivity contribution >= 4 is 27.6 Å². The second-order valence-corrected chi connectivity index (χ2v) is 5.83. The number of carbonyl (C=O) groups is 1. The van der Waals surface area contributed by atoms with E-state index in [0.29, 0.717) is 22.1 Å². The smallest absolute Gasteiger partial charge is 0.327 e. The van der Waals surface area contributed by atoms with E-state index in [0.717, 1.165) is 4.68 Å². The molecule has 0 aliphatic heterocycles. The number of ether oxygens (including phenoxy) is 1. The maximum atomic E-state index is 12.1. The highest BCUT2D eigenvalue weighted by Crippen LogP contribution is 2.31. The Morgan fingerprint density at radius 1 is 1.65 bits per heavy atom. The summed E-state index contributed by atoms with van der Waals surface area (Å²) in [5.74, 6) is 0.148. The van der Waals surface area contributed by atoms with Gasteiger partial charge in [0.25, 0.3) is 5.56 Å². The molecule has 0 amide bonds. The van der Waals surface area contributed by atoms with Crippen LogP contribution in [0.5, 0.6) is 0 Å². The molecule has 0 spiro atoms. The number of hydrogen-bond acceptors (Lipinski definition) is 5. The molecule has 1 aromatic rings. The first-order valence-electron chi connectivity index (χ1n) is 6.62. The van der Waals surface area contributed by atoms with E-state index in [4.69, 9.17) is 0 Å². The molecule has 0 aromatic carbocycles. The summed E-state index contributed by atoms with van der Waals surface area (Å²) in [6.07, 6.45) is 5.28. The van der Waals surface area contributed by atoms with Crippen molar-refractivity contribution in [1.82, 2.24) is 9.78 Å². The molecule has 1 aliphatic rings. The number of nitrogens with one attached hydrogen (secondary N) is 1. The summed E-state index contributed by atoms with van der Waals surface area (Å²) in [6.45, 7) is 1.92. The fourth-order valence-corrected chi connectivity index (χ4v) is 2.59. The van der Waals surface area contributed by atoms with Crippen molar-refractivity contribution in [2.45, 2.75) is 38.8 Å². The summed E-state index contributed by atoms with van der Waals surface area (Å²) in [7, 11) is 1.28. The van der Waals surface area contributed by atoms with Gasteiger partial charge in [-0.25, -0.2) is 4.68 Å². The van der Waals surface area contributed by atoms with Gasteiger partial charge in [-0.1, -0.05) is 6.42 Å². The van der Waals surface area contributed by atoms with E-state index in [1.165, 1.54) is 26.4 Å². The second kappa shape index (κ2) is 6.39. The standard InChI is InChI=1S/C13H18BrN3O3/c1-8(9-4-3-5-9)16-10-6-15-17(7-11(18)20-2)13(19)12(10)14/h6,8-9,16H,3-5,7H2,1-2H3. The SMILES string of the molecule is COC(=O)Cn1ncc(NC(C)C2CCC2)c(Br)c1=O. The lowest BCUT2D eigenvalue weighted by molar-refractivity contribution is -0.141. The maximum absolute atomic E-state index is 12.1. The van der Waals surface area contributed by atoms with Crippen LogP contribution in [0.15, 0.2) is 15.5 Å². The molecule has 1 heterocycles. The van der Waals surface area contributed by atoms with Gasteiger partial charge in [-0.05, 0) is 41.6 Å². The van der Waals surface area contributed by atoms with Gasteiger partial charge in [0.1, 0.15) is 11.0 Å². The Kier molecular flexibility index (Phi) is 4.80. The molecule has 7 heteroatoms. The number of rotatable bonds is 5. The monoisotopic (exact) mass is 343 g/mol. The Bertz CT molecular complexity index is 554. The second-order valence-electron chi connectivity index (χ2n) is 5.04. The van der Waals surface area contributed by atoms with E-state index in [9.17, 15) is 9.59 Å². The van der Waals surface area contributed by atoms with Crippen LogP contribution in [0.2, 0.25) is 0 Å². The third-order valence-corrected chi connectivity index (χ3v) is 4.50. The minimum atomic E-state index is -0.505. The zero-order valence-corrected chi connectivity index (χ0v) is 13.1. The van der Waals surface area contributed by atoms with E-state index in [-0.39, 0.29) is 12.1 Å². The van der Waals surface area contributed by atoms with Crippen LogP contribution < -0.4 is 10.9 Å². The number of anilines is 1. The Hall–Kier alpha value is -1.37. The molecular weight excluding hydrogens is 326 g/mol. The molecule has 20 heavy (non-hydrogen) atoms. The van der Waals surface area contributed by atoms with Gasteiger partial charge in [-0.15, -0.1) is 0 Å². The van der Waals surface area contributed by atoms with Crippen LogP contribution in [-0.2, 0) is 16.1 Å². The number of carbonyl (C=O) groups excluding carboxylic acids is 1.